The minimum absolute atomic E-state index is 0.00355. The van der Waals surface area contributed by atoms with E-state index in [1.54, 1.807) is 6.08 Å². The number of carbonyl (C=O) groups is 1. The van der Waals surface area contributed by atoms with Crippen molar-refractivity contribution in [2.75, 3.05) is 0 Å². The SMILES string of the molecule is C/C(=C/C(=O)NCc1ccc(-c2nn[nH]n2)cc1)C(C)(C)C. The lowest BCUT2D eigenvalue weighted by Gasteiger charge is -2.19. The second kappa shape index (κ2) is 6.51. The zero-order chi connectivity index (χ0) is 16.2. The molecule has 116 valence electrons. The summed E-state index contributed by atoms with van der Waals surface area (Å²) < 4.78 is 0. The third kappa shape index (κ3) is 4.25. The van der Waals surface area contributed by atoms with E-state index in [9.17, 15) is 4.79 Å². The zero-order valence-corrected chi connectivity index (χ0v) is 13.3. The second-order valence-electron chi connectivity index (χ2n) is 6.23. The summed E-state index contributed by atoms with van der Waals surface area (Å²) in [6, 6.07) is 7.68. The summed E-state index contributed by atoms with van der Waals surface area (Å²) in [5.74, 6) is 0.481. The molecule has 0 atom stereocenters. The lowest BCUT2D eigenvalue weighted by atomic mass is 9.87. The highest BCUT2D eigenvalue weighted by molar-refractivity contribution is 5.88. The molecule has 6 nitrogen and oxygen atoms in total. The Morgan fingerprint density at radius 1 is 1.27 bits per heavy atom. The number of nitrogens with one attached hydrogen (secondary N) is 2. The number of hydrogen-bond acceptors (Lipinski definition) is 4. The minimum atomic E-state index is -0.0744. The van der Waals surface area contributed by atoms with Gasteiger partial charge in [0.1, 0.15) is 0 Å². The number of amides is 1. The van der Waals surface area contributed by atoms with Gasteiger partial charge in [-0.3, -0.25) is 4.79 Å². The van der Waals surface area contributed by atoms with Crippen LogP contribution in [-0.2, 0) is 11.3 Å². The fraction of sp³-hybridized carbons (Fsp3) is 0.375. The Morgan fingerprint density at radius 2 is 1.95 bits per heavy atom. The van der Waals surface area contributed by atoms with E-state index >= 15 is 0 Å². The summed E-state index contributed by atoms with van der Waals surface area (Å²) in [6.45, 7) is 8.72. The molecule has 22 heavy (non-hydrogen) atoms. The maximum absolute atomic E-state index is 11.9. The fourth-order valence-electron chi connectivity index (χ4n) is 1.71. The summed E-state index contributed by atoms with van der Waals surface area (Å²) >= 11 is 0. The summed E-state index contributed by atoms with van der Waals surface area (Å²) in [4.78, 5) is 11.9. The molecule has 2 N–H and O–H groups in total. The van der Waals surface area contributed by atoms with Crippen LogP contribution in [0.5, 0.6) is 0 Å². The first-order valence-electron chi connectivity index (χ1n) is 7.15. The van der Waals surface area contributed by atoms with Crippen molar-refractivity contribution in [3.63, 3.8) is 0 Å². The maximum atomic E-state index is 11.9. The van der Waals surface area contributed by atoms with E-state index in [1.165, 1.54) is 0 Å². The quantitative estimate of drug-likeness (QED) is 0.850. The highest BCUT2D eigenvalue weighted by Crippen LogP contribution is 2.23. The number of nitrogens with zero attached hydrogens (tertiary/aromatic N) is 3. The Bertz CT molecular complexity index is 651. The molecule has 1 aromatic heterocycles. The number of aromatic nitrogens is 4. The molecule has 0 spiro atoms. The van der Waals surface area contributed by atoms with Crippen LogP contribution in [0.1, 0.15) is 33.3 Å². The lowest BCUT2D eigenvalue weighted by Crippen LogP contribution is -2.22. The van der Waals surface area contributed by atoms with Crippen molar-refractivity contribution >= 4 is 5.91 Å². The van der Waals surface area contributed by atoms with E-state index in [2.05, 4.69) is 46.7 Å². The summed E-state index contributed by atoms with van der Waals surface area (Å²) in [5, 5.41) is 16.7. The van der Waals surface area contributed by atoms with Crippen molar-refractivity contribution in [3.05, 3.63) is 41.5 Å². The third-order valence-corrected chi connectivity index (χ3v) is 3.55. The molecule has 6 heteroatoms. The zero-order valence-electron chi connectivity index (χ0n) is 13.3. The molecule has 0 aliphatic carbocycles. The van der Waals surface area contributed by atoms with Gasteiger partial charge >= 0.3 is 0 Å². The first-order valence-corrected chi connectivity index (χ1v) is 7.15. The highest BCUT2D eigenvalue weighted by Gasteiger charge is 2.13. The molecule has 1 heterocycles. The normalized spacial score (nSPS) is 12.3. The van der Waals surface area contributed by atoms with E-state index in [0.29, 0.717) is 12.4 Å². The third-order valence-electron chi connectivity index (χ3n) is 3.55. The molecule has 2 rings (SSSR count). The first kappa shape index (κ1) is 15.9. The standard InChI is InChI=1S/C16H21N5O/c1-11(16(2,3)4)9-14(22)17-10-12-5-7-13(8-6-12)15-18-20-21-19-15/h5-9H,10H2,1-4H3,(H,17,22)(H,18,19,20,21)/b11-9-. The molecule has 0 bridgehead atoms. The second-order valence-corrected chi connectivity index (χ2v) is 6.23. The minimum Gasteiger partial charge on any atom is -0.348 e. The van der Waals surface area contributed by atoms with Crippen molar-refractivity contribution in [3.8, 4) is 11.4 Å². The first-order chi connectivity index (χ1) is 10.4. The van der Waals surface area contributed by atoms with Crippen molar-refractivity contribution in [2.24, 2.45) is 5.41 Å². The Balaban J connectivity index is 1.94. The van der Waals surface area contributed by atoms with Crippen LogP contribution in [-0.4, -0.2) is 26.5 Å². The van der Waals surface area contributed by atoms with Crippen LogP contribution in [0.15, 0.2) is 35.9 Å². The molecule has 0 radical (unpaired) electrons. The number of tetrazole rings is 1. The predicted molar refractivity (Wildman–Crippen MR) is 84.7 cm³/mol. The monoisotopic (exact) mass is 299 g/mol. The number of H-pyrrole nitrogens is 1. The van der Waals surface area contributed by atoms with Crippen LogP contribution in [0.25, 0.3) is 11.4 Å². The van der Waals surface area contributed by atoms with Gasteiger partial charge in [0.15, 0.2) is 0 Å². The van der Waals surface area contributed by atoms with Gasteiger partial charge < -0.3 is 5.32 Å². The molecule has 2 aromatic rings. The van der Waals surface area contributed by atoms with Gasteiger partial charge in [-0.1, -0.05) is 50.6 Å². The Kier molecular flexibility index (Phi) is 4.70. The summed E-state index contributed by atoms with van der Waals surface area (Å²) in [6.07, 6.45) is 1.66. The predicted octanol–water partition coefficient (Wildman–Crippen LogP) is 2.48. The average molecular weight is 299 g/mol. The van der Waals surface area contributed by atoms with Crippen molar-refractivity contribution < 1.29 is 4.79 Å². The summed E-state index contributed by atoms with van der Waals surface area (Å²) in [7, 11) is 0. The van der Waals surface area contributed by atoms with Gasteiger partial charge in [-0.05, 0) is 23.1 Å². The number of aromatic amines is 1. The van der Waals surface area contributed by atoms with Gasteiger partial charge in [0.05, 0.1) is 0 Å². The van der Waals surface area contributed by atoms with Crippen LogP contribution in [0.3, 0.4) is 0 Å². The van der Waals surface area contributed by atoms with Crippen LogP contribution in [0, 0.1) is 5.41 Å². The molecule has 0 saturated heterocycles. The van der Waals surface area contributed by atoms with E-state index in [4.69, 9.17) is 0 Å². The molecule has 0 unspecified atom stereocenters. The van der Waals surface area contributed by atoms with Crippen LogP contribution >= 0.6 is 0 Å². The molecule has 0 aliphatic rings. The van der Waals surface area contributed by atoms with Gasteiger partial charge in [-0.25, -0.2) is 0 Å². The van der Waals surface area contributed by atoms with Crippen molar-refractivity contribution in [2.45, 2.75) is 34.2 Å². The average Bonchev–Trinajstić information content (AvgIpc) is 2.99. The van der Waals surface area contributed by atoms with Crippen LogP contribution in [0.4, 0.5) is 0 Å². The molecule has 0 saturated carbocycles. The molecular formula is C16H21N5O. The van der Waals surface area contributed by atoms with E-state index in [0.717, 1.165) is 16.7 Å². The van der Waals surface area contributed by atoms with E-state index < -0.39 is 0 Å². The molecular weight excluding hydrogens is 278 g/mol. The van der Waals surface area contributed by atoms with Gasteiger partial charge in [-0.2, -0.15) is 5.21 Å². The van der Waals surface area contributed by atoms with E-state index in [1.807, 2.05) is 31.2 Å². The molecule has 0 aliphatic heterocycles. The molecule has 1 amide bonds. The van der Waals surface area contributed by atoms with Gasteiger partial charge in [0.25, 0.3) is 0 Å². The van der Waals surface area contributed by atoms with Crippen molar-refractivity contribution in [1.29, 1.82) is 0 Å². The number of hydrogen-bond donors (Lipinski definition) is 2. The number of benzene rings is 1. The van der Waals surface area contributed by atoms with Crippen LogP contribution in [0.2, 0.25) is 0 Å². The molecule has 1 aromatic carbocycles. The lowest BCUT2D eigenvalue weighted by molar-refractivity contribution is -0.116. The van der Waals surface area contributed by atoms with Gasteiger partial charge in [0.2, 0.25) is 11.7 Å². The Morgan fingerprint density at radius 3 is 2.50 bits per heavy atom. The summed E-state index contributed by atoms with van der Waals surface area (Å²) in [5.41, 5.74) is 2.95. The smallest absolute Gasteiger partial charge is 0.244 e. The van der Waals surface area contributed by atoms with Gasteiger partial charge in [-0.15, -0.1) is 10.2 Å². The number of rotatable bonds is 4. The largest absolute Gasteiger partial charge is 0.348 e. The fourth-order valence-corrected chi connectivity index (χ4v) is 1.71. The topological polar surface area (TPSA) is 83.6 Å². The number of carbonyl (C=O) groups excluding carboxylic acids is 1. The van der Waals surface area contributed by atoms with Crippen LogP contribution < -0.4 is 5.32 Å². The van der Waals surface area contributed by atoms with Gasteiger partial charge in [0, 0.05) is 18.2 Å². The molecule has 0 fully saturated rings. The highest BCUT2D eigenvalue weighted by atomic mass is 16.1. The number of allylic oxidation sites excluding steroid dienone is 1. The maximum Gasteiger partial charge on any atom is 0.244 e. The Hall–Kier alpha value is -2.50. The Labute approximate surface area is 130 Å². The van der Waals surface area contributed by atoms with Crippen molar-refractivity contribution in [1.82, 2.24) is 25.9 Å². The van der Waals surface area contributed by atoms with E-state index in [-0.39, 0.29) is 11.3 Å².